The molecule has 1 aliphatic rings. The molecule has 5 N–H and O–H groups in total. The Morgan fingerprint density at radius 2 is 1.82 bits per heavy atom. The summed E-state index contributed by atoms with van der Waals surface area (Å²) < 4.78 is 25.9. The van der Waals surface area contributed by atoms with Crippen LogP contribution in [0.1, 0.15) is 29.2 Å². The Kier molecular flexibility index (Phi) is 7.75. The lowest BCUT2D eigenvalue weighted by Gasteiger charge is -2.27. The Labute approximate surface area is 197 Å². The van der Waals surface area contributed by atoms with E-state index in [1.54, 1.807) is 6.20 Å². The molecule has 33 heavy (non-hydrogen) atoms. The molecule has 0 amide bonds. The fourth-order valence-corrected chi connectivity index (χ4v) is 3.91. The summed E-state index contributed by atoms with van der Waals surface area (Å²) in [5, 5.41) is 21.3. The lowest BCUT2D eigenvalue weighted by molar-refractivity contribution is 0.490. The molecule has 11 heteroatoms. The van der Waals surface area contributed by atoms with E-state index in [2.05, 4.69) is 20.7 Å². The van der Waals surface area contributed by atoms with Crippen LogP contribution in [0, 0.1) is 5.41 Å². The zero-order valence-corrected chi connectivity index (χ0v) is 19.3. The van der Waals surface area contributed by atoms with Crippen LogP contribution >= 0.6 is 11.6 Å². The highest BCUT2D eigenvalue weighted by molar-refractivity contribution is 7.85. The molecule has 1 aromatic heterocycles. The van der Waals surface area contributed by atoms with Crippen molar-refractivity contribution in [3.05, 3.63) is 82.6 Å². The summed E-state index contributed by atoms with van der Waals surface area (Å²) in [6.07, 6.45) is 3.84. The Hall–Kier alpha value is -3.34. The maximum absolute atomic E-state index is 9.19. The van der Waals surface area contributed by atoms with Crippen LogP contribution in [0.25, 0.3) is 11.1 Å². The largest absolute Gasteiger partial charge is 0.369 e. The standard InChI is InChI=1S/C21H19ClN6.CH4O3S/c22-17-9-5-4-8-15(17)14-10-18-20(19(11-14)27-28-21(23)24)16(12-25-26-18)13-6-2-1-3-7-13;1-5(2,3)4/h1-9,12,14H,10-11H2,(H4,23,24,28);1H3,(H,2,3,4). The number of nitrogens with two attached hydrogens (primary N) is 1. The van der Waals surface area contributed by atoms with Crippen LogP contribution in [0.2, 0.25) is 5.02 Å². The first-order valence-corrected chi connectivity index (χ1v) is 12.1. The minimum Gasteiger partial charge on any atom is -0.369 e. The van der Waals surface area contributed by atoms with E-state index in [-0.39, 0.29) is 11.9 Å². The van der Waals surface area contributed by atoms with E-state index in [4.69, 9.17) is 27.3 Å². The molecule has 3 aromatic rings. The molecule has 0 bridgehead atoms. The lowest BCUT2D eigenvalue weighted by Crippen LogP contribution is -2.29. The molecule has 0 aliphatic heterocycles. The second-order valence-corrected chi connectivity index (χ2v) is 9.26. The molecule has 1 unspecified atom stereocenters. The van der Waals surface area contributed by atoms with E-state index in [9.17, 15) is 8.42 Å². The van der Waals surface area contributed by atoms with Crippen LogP contribution < -0.4 is 11.2 Å². The second kappa shape index (κ2) is 10.5. The molecule has 4 rings (SSSR count). The van der Waals surface area contributed by atoms with Crippen LogP contribution in [-0.4, -0.2) is 41.1 Å². The number of benzene rings is 2. The van der Waals surface area contributed by atoms with Crippen molar-refractivity contribution in [1.29, 1.82) is 5.41 Å². The molecule has 172 valence electrons. The first-order valence-electron chi connectivity index (χ1n) is 9.87. The topological polar surface area (TPSA) is 154 Å². The third-order valence-corrected chi connectivity index (χ3v) is 5.18. The van der Waals surface area contributed by atoms with Crippen LogP contribution in [0.4, 0.5) is 0 Å². The molecule has 0 spiro atoms. The van der Waals surface area contributed by atoms with E-state index < -0.39 is 10.1 Å². The number of nitrogens with one attached hydrogen (secondary N) is 2. The van der Waals surface area contributed by atoms with Crippen molar-refractivity contribution in [3.63, 3.8) is 0 Å². The number of hydrazone groups is 1. The number of fused-ring (bicyclic) bond motifs is 1. The lowest BCUT2D eigenvalue weighted by atomic mass is 9.79. The Balaban J connectivity index is 0.000000555. The molecule has 0 saturated carbocycles. The predicted octanol–water partition coefficient (Wildman–Crippen LogP) is 3.22. The normalized spacial score (nSPS) is 16.3. The van der Waals surface area contributed by atoms with Gasteiger partial charge in [0.1, 0.15) is 0 Å². The fraction of sp³-hybridized carbons (Fsp3) is 0.182. The molecule has 2 aromatic carbocycles. The zero-order valence-electron chi connectivity index (χ0n) is 17.7. The minimum atomic E-state index is -3.67. The van der Waals surface area contributed by atoms with Gasteiger partial charge in [-0.1, -0.05) is 60.1 Å². The van der Waals surface area contributed by atoms with Gasteiger partial charge in [-0.25, -0.2) is 5.43 Å². The second-order valence-electron chi connectivity index (χ2n) is 7.39. The maximum atomic E-state index is 9.19. The van der Waals surface area contributed by atoms with Gasteiger partial charge in [-0.15, -0.1) is 0 Å². The summed E-state index contributed by atoms with van der Waals surface area (Å²) in [6, 6.07) is 17.8. The van der Waals surface area contributed by atoms with Crippen molar-refractivity contribution in [2.24, 2.45) is 10.8 Å². The smallest absolute Gasteiger partial charge is 0.261 e. The van der Waals surface area contributed by atoms with Gasteiger partial charge in [-0.3, -0.25) is 9.96 Å². The van der Waals surface area contributed by atoms with Crippen LogP contribution in [0.5, 0.6) is 0 Å². The Bertz CT molecular complexity index is 1270. The van der Waals surface area contributed by atoms with Crippen molar-refractivity contribution in [2.75, 3.05) is 6.26 Å². The average molecular weight is 487 g/mol. The SMILES string of the molecule is CS(=O)(=O)O.N=C(N)NN=C1CC(c2ccccc2Cl)Cc2nncc(-c3ccccc3)c21. The van der Waals surface area contributed by atoms with Gasteiger partial charge in [0.2, 0.25) is 5.96 Å². The molecule has 0 radical (unpaired) electrons. The van der Waals surface area contributed by atoms with Crippen LogP contribution in [-0.2, 0) is 16.5 Å². The highest BCUT2D eigenvalue weighted by Gasteiger charge is 2.30. The van der Waals surface area contributed by atoms with Crippen LogP contribution in [0.15, 0.2) is 65.9 Å². The molecule has 1 heterocycles. The van der Waals surface area contributed by atoms with Crippen molar-refractivity contribution in [2.45, 2.75) is 18.8 Å². The fourth-order valence-electron chi connectivity index (χ4n) is 3.62. The van der Waals surface area contributed by atoms with Crippen molar-refractivity contribution < 1.29 is 13.0 Å². The summed E-state index contributed by atoms with van der Waals surface area (Å²) >= 11 is 6.44. The molecule has 9 nitrogen and oxygen atoms in total. The van der Waals surface area contributed by atoms with Crippen molar-refractivity contribution in [1.82, 2.24) is 15.6 Å². The van der Waals surface area contributed by atoms with Crippen LogP contribution in [0.3, 0.4) is 0 Å². The van der Waals surface area contributed by atoms with E-state index in [0.29, 0.717) is 19.1 Å². The number of rotatable bonds is 3. The zero-order chi connectivity index (χ0) is 24.0. The van der Waals surface area contributed by atoms with E-state index >= 15 is 0 Å². The number of guanidine groups is 1. The van der Waals surface area contributed by atoms with E-state index in [1.807, 2.05) is 54.6 Å². The molecule has 1 atom stereocenters. The molecule has 0 saturated heterocycles. The van der Waals surface area contributed by atoms with Gasteiger partial charge < -0.3 is 5.73 Å². The number of hydrogen-bond donors (Lipinski definition) is 4. The highest BCUT2D eigenvalue weighted by atomic mass is 35.5. The summed E-state index contributed by atoms with van der Waals surface area (Å²) in [5.41, 5.74) is 13.7. The minimum absolute atomic E-state index is 0.119. The van der Waals surface area contributed by atoms with Gasteiger partial charge in [-0.05, 0) is 36.0 Å². The summed E-state index contributed by atoms with van der Waals surface area (Å²) in [4.78, 5) is 0. The number of aromatic nitrogens is 2. The summed E-state index contributed by atoms with van der Waals surface area (Å²) in [7, 11) is -3.67. The third-order valence-electron chi connectivity index (χ3n) is 4.83. The predicted molar refractivity (Wildman–Crippen MR) is 129 cm³/mol. The van der Waals surface area contributed by atoms with Gasteiger partial charge >= 0.3 is 0 Å². The van der Waals surface area contributed by atoms with Gasteiger partial charge in [0.25, 0.3) is 10.1 Å². The van der Waals surface area contributed by atoms with Crippen molar-refractivity contribution in [3.8, 4) is 11.1 Å². The molecular formula is C22H23ClN6O3S. The Morgan fingerprint density at radius 3 is 2.45 bits per heavy atom. The van der Waals surface area contributed by atoms with Gasteiger partial charge in [-0.2, -0.15) is 23.7 Å². The molecular weight excluding hydrogens is 464 g/mol. The van der Waals surface area contributed by atoms with Crippen molar-refractivity contribution >= 4 is 33.4 Å². The first-order chi connectivity index (χ1) is 15.6. The first kappa shape index (κ1) is 24.3. The number of nitrogens with zero attached hydrogens (tertiary/aromatic N) is 3. The van der Waals surface area contributed by atoms with E-state index in [0.717, 1.165) is 38.7 Å². The highest BCUT2D eigenvalue weighted by Crippen LogP contribution is 2.38. The number of hydrogen-bond acceptors (Lipinski definition) is 6. The summed E-state index contributed by atoms with van der Waals surface area (Å²) in [5.74, 6) is -0.0915. The summed E-state index contributed by atoms with van der Waals surface area (Å²) in [6.45, 7) is 0. The maximum Gasteiger partial charge on any atom is 0.261 e. The van der Waals surface area contributed by atoms with E-state index in [1.165, 1.54) is 0 Å². The number of halogens is 1. The van der Waals surface area contributed by atoms with Gasteiger partial charge in [0.15, 0.2) is 0 Å². The third kappa shape index (κ3) is 6.82. The van der Waals surface area contributed by atoms with Gasteiger partial charge in [0.05, 0.1) is 23.9 Å². The monoisotopic (exact) mass is 486 g/mol. The Morgan fingerprint density at radius 1 is 1.18 bits per heavy atom. The molecule has 0 fully saturated rings. The van der Waals surface area contributed by atoms with Gasteiger partial charge in [0, 0.05) is 16.1 Å². The quantitative estimate of drug-likeness (QED) is 0.192. The molecule has 1 aliphatic carbocycles. The average Bonchev–Trinajstić information content (AvgIpc) is 2.76.